The van der Waals surface area contributed by atoms with Crippen molar-refractivity contribution >= 4 is 11.6 Å². The van der Waals surface area contributed by atoms with Crippen molar-refractivity contribution in [1.29, 1.82) is 0 Å². The van der Waals surface area contributed by atoms with Gasteiger partial charge in [-0.1, -0.05) is 11.6 Å². The van der Waals surface area contributed by atoms with Crippen LogP contribution in [0.3, 0.4) is 0 Å². The zero-order chi connectivity index (χ0) is 11.6. The van der Waals surface area contributed by atoms with E-state index in [9.17, 15) is 9.50 Å². The molecule has 0 saturated heterocycles. The van der Waals surface area contributed by atoms with Crippen molar-refractivity contribution in [2.45, 2.75) is 20.0 Å². The standard InChI is InChI=1S/C11H15ClFNO/c1-6-4-8(13)11(12)10(7(6)2)9(15)5-14-3/h4,9,14-15H,5H2,1-3H3. The van der Waals surface area contributed by atoms with Gasteiger partial charge in [-0.15, -0.1) is 0 Å². The summed E-state index contributed by atoms with van der Waals surface area (Å²) >= 11 is 5.84. The van der Waals surface area contributed by atoms with Crippen molar-refractivity contribution < 1.29 is 9.50 Å². The first-order valence-corrected chi connectivity index (χ1v) is 5.14. The van der Waals surface area contributed by atoms with Crippen molar-refractivity contribution in [2.75, 3.05) is 13.6 Å². The molecule has 0 aliphatic heterocycles. The predicted molar refractivity (Wildman–Crippen MR) is 59.8 cm³/mol. The second-order valence-electron chi connectivity index (χ2n) is 3.60. The summed E-state index contributed by atoms with van der Waals surface area (Å²) in [4.78, 5) is 0. The number of aliphatic hydroxyl groups excluding tert-OH is 1. The fraction of sp³-hybridized carbons (Fsp3) is 0.455. The van der Waals surface area contributed by atoms with E-state index in [0.717, 1.165) is 11.1 Å². The topological polar surface area (TPSA) is 32.3 Å². The van der Waals surface area contributed by atoms with Crippen molar-refractivity contribution in [3.8, 4) is 0 Å². The zero-order valence-electron chi connectivity index (χ0n) is 9.06. The largest absolute Gasteiger partial charge is 0.387 e. The van der Waals surface area contributed by atoms with E-state index in [1.165, 1.54) is 6.07 Å². The number of nitrogens with one attached hydrogen (secondary N) is 1. The van der Waals surface area contributed by atoms with E-state index in [1.54, 1.807) is 14.0 Å². The minimum Gasteiger partial charge on any atom is -0.387 e. The Hall–Kier alpha value is -0.640. The molecule has 4 heteroatoms. The Kier molecular flexibility index (Phi) is 4.08. The van der Waals surface area contributed by atoms with Crippen LogP contribution in [0.5, 0.6) is 0 Å². The van der Waals surface area contributed by atoms with E-state index in [4.69, 9.17) is 11.6 Å². The first-order chi connectivity index (χ1) is 6.99. The summed E-state index contributed by atoms with van der Waals surface area (Å²) in [6, 6.07) is 1.38. The van der Waals surface area contributed by atoms with Crippen LogP contribution >= 0.6 is 11.6 Å². The number of hydrogen-bond donors (Lipinski definition) is 2. The Balaban J connectivity index is 3.26. The van der Waals surface area contributed by atoms with E-state index < -0.39 is 11.9 Å². The third kappa shape index (κ3) is 2.48. The Morgan fingerprint density at radius 3 is 2.67 bits per heavy atom. The SMILES string of the molecule is CNCC(O)c1c(C)c(C)cc(F)c1Cl. The smallest absolute Gasteiger partial charge is 0.142 e. The van der Waals surface area contributed by atoms with Crippen molar-refractivity contribution in [3.63, 3.8) is 0 Å². The van der Waals surface area contributed by atoms with Gasteiger partial charge in [0.1, 0.15) is 5.82 Å². The molecule has 2 nitrogen and oxygen atoms in total. The Labute approximate surface area is 94.1 Å². The number of likely N-dealkylation sites (N-methyl/N-ethyl adjacent to an activating group) is 1. The lowest BCUT2D eigenvalue weighted by Crippen LogP contribution is -2.18. The molecule has 84 valence electrons. The molecule has 0 aliphatic carbocycles. The summed E-state index contributed by atoms with van der Waals surface area (Å²) in [5.74, 6) is -0.482. The third-order valence-electron chi connectivity index (χ3n) is 2.52. The lowest BCUT2D eigenvalue weighted by Gasteiger charge is -2.17. The average Bonchev–Trinajstić information content (AvgIpc) is 2.16. The molecule has 0 saturated carbocycles. The highest BCUT2D eigenvalue weighted by Gasteiger charge is 2.18. The van der Waals surface area contributed by atoms with E-state index in [-0.39, 0.29) is 5.02 Å². The summed E-state index contributed by atoms with van der Waals surface area (Å²) in [5.41, 5.74) is 2.11. The van der Waals surface area contributed by atoms with Crippen LogP contribution in [0.1, 0.15) is 22.8 Å². The molecular formula is C11H15ClFNO. The van der Waals surface area contributed by atoms with Crippen molar-refractivity contribution in [3.05, 3.63) is 33.6 Å². The van der Waals surface area contributed by atoms with Gasteiger partial charge >= 0.3 is 0 Å². The Morgan fingerprint density at radius 2 is 2.13 bits per heavy atom. The quantitative estimate of drug-likeness (QED) is 0.837. The lowest BCUT2D eigenvalue weighted by molar-refractivity contribution is 0.176. The highest BCUT2D eigenvalue weighted by atomic mass is 35.5. The summed E-state index contributed by atoms with van der Waals surface area (Å²) in [6.07, 6.45) is -0.781. The zero-order valence-corrected chi connectivity index (χ0v) is 9.82. The van der Waals surface area contributed by atoms with Crippen LogP contribution in [0.2, 0.25) is 5.02 Å². The van der Waals surface area contributed by atoms with Gasteiger partial charge < -0.3 is 10.4 Å². The van der Waals surface area contributed by atoms with Gasteiger partial charge in [-0.3, -0.25) is 0 Å². The van der Waals surface area contributed by atoms with Crippen molar-refractivity contribution in [1.82, 2.24) is 5.32 Å². The molecule has 0 spiro atoms. The fourth-order valence-electron chi connectivity index (χ4n) is 1.56. The van der Waals surface area contributed by atoms with E-state index in [0.29, 0.717) is 12.1 Å². The number of rotatable bonds is 3. The van der Waals surface area contributed by atoms with Crippen molar-refractivity contribution in [2.24, 2.45) is 0 Å². The molecule has 1 aromatic rings. The van der Waals surface area contributed by atoms with Gasteiger partial charge in [-0.25, -0.2) is 4.39 Å². The molecule has 0 amide bonds. The van der Waals surface area contributed by atoms with Crippen LogP contribution in [-0.2, 0) is 0 Å². The van der Waals surface area contributed by atoms with Gasteiger partial charge in [-0.2, -0.15) is 0 Å². The van der Waals surface area contributed by atoms with Gasteiger partial charge in [0.25, 0.3) is 0 Å². The molecule has 0 fully saturated rings. The summed E-state index contributed by atoms with van der Waals surface area (Å²) in [6.45, 7) is 3.97. The Morgan fingerprint density at radius 1 is 1.53 bits per heavy atom. The molecule has 1 rings (SSSR count). The first-order valence-electron chi connectivity index (χ1n) is 4.76. The number of aryl methyl sites for hydroxylation is 1. The number of aliphatic hydroxyl groups is 1. The molecule has 0 radical (unpaired) electrons. The molecule has 0 aliphatic rings. The molecule has 1 unspecified atom stereocenters. The van der Waals surface area contributed by atoms with Crippen LogP contribution in [0.4, 0.5) is 4.39 Å². The highest BCUT2D eigenvalue weighted by Crippen LogP contribution is 2.30. The van der Waals surface area contributed by atoms with Gasteiger partial charge in [-0.05, 0) is 38.1 Å². The maximum absolute atomic E-state index is 13.4. The second-order valence-corrected chi connectivity index (χ2v) is 3.98. The van der Waals surface area contributed by atoms with Gasteiger partial charge in [0.15, 0.2) is 0 Å². The van der Waals surface area contributed by atoms with E-state index >= 15 is 0 Å². The van der Waals surface area contributed by atoms with Gasteiger partial charge in [0, 0.05) is 12.1 Å². The minimum absolute atomic E-state index is 0.0147. The summed E-state index contributed by atoms with van der Waals surface area (Å²) in [5, 5.41) is 12.7. The molecule has 0 bridgehead atoms. The van der Waals surface area contributed by atoms with E-state index in [2.05, 4.69) is 5.32 Å². The summed E-state index contributed by atoms with van der Waals surface area (Å²) in [7, 11) is 1.72. The van der Waals surface area contributed by atoms with Crippen LogP contribution in [-0.4, -0.2) is 18.7 Å². The summed E-state index contributed by atoms with van der Waals surface area (Å²) < 4.78 is 13.4. The third-order valence-corrected chi connectivity index (χ3v) is 2.90. The van der Waals surface area contributed by atoms with Gasteiger partial charge in [0.05, 0.1) is 11.1 Å². The normalized spacial score (nSPS) is 12.9. The van der Waals surface area contributed by atoms with Gasteiger partial charge in [0.2, 0.25) is 0 Å². The fourth-order valence-corrected chi connectivity index (χ4v) is 1.88. The number of benzene rings is 1. The predicted octanol–water partition coefficient (Wildman–Crippen LogP) is 2.35. The average molecular weight is 232 g/mol. The van der Waals surface area contributed by atoms with Crippen LogP contribution in [0.25, 0.3) is 0 Å². The minimum atomic E-state index is -0.781. The van der Waals surface area contributed by atoms with Crippen LogP contribution in [0.15, 0.2) is 6.07 Å². The highest BCUT2D eigenvalue weighted by molar-refractivity contribution is 6.31. The lowest BCUT2D eigenvalue weighted by atomic mass is 9.98. The Bertz CT molecular complexity index is 342. The molecule has 0 heterocycles. The number of halogens is 2. The molecule has 1 atom stereocenters. The van der Waals surface area contributed by atoms with Crippen LogP contribution in [0, 0.1) is 19.7 Å². The second kappa shape index (κ2) is 4.92. The number of hydrogen-bond acceptors (Lipinski definition) is 2. The molecule has 1 aromatic carbocycles. The monoisotopic (exact) mass is 231 g/mol. The maximum atomic E-state index is 13.4. The molecular weight excluding hydrogens is 217 g/mol. The maximum Gasteiger partial charge on any atom is 0.142 e. The van der Waals surface area contributed by atoms with Crippen LogP contribution < -0.4 is 5.32 Å². The van der Waals surface area contributed by atoms with E-state index in [1.807, 2.05) is 6.92 Å². The first kappa shape index (κ1) is 12.4. The molecule has 0 aromatic heterocycles. The molecule has 15 heavy (non-hydrogen) atoms. The molecule has 2 N–H and O–H groups in total.